The zero-order valence-electron chi connectivity index (χ0n) is 12.5. The van der Waals surface area contributed by atoms with Crippen LogP contribution in [0.3, 0.4) is 0 Å². The van der Waals surface area contributed by atoms with Gasteiger partial charge in [0.05, 0.1) is 39.6 Å². The number of aliphatic hydroxyl groups is 6. The highest BCUT2D eigenvalue weighted by molar-refractivity contribution is 4.81. The fraction of sp³-hybridized carbons (Fsp3) is 1.00. The molecule has 0 aromatic rings. The summed E-state index contributed by atoms with van der Waals surface area (Å²) in [6.07, 6.45) is 3.77. The maximum atomic E-state index is 8.98. The average molecular weight is 310 g/mol. The number of hydrogen-bond donors (Lipinski definition) is 6. The van der Waals surface area contributed by atoms with Crippen molar-refractivity contribution in [3.05, 3.63) is 0 Å². The van der Waals surface area contributed by atoms with Crippen LogP contribution >= 0.6 is 0 Å². The fourth-order valence-electron chi connectivity index (χ4n) is 2.11. The molecule has 1 saturated carbocycles. The van der Waals surface area contributed by atoms with Gasteiger partial charge in [0.15, 0.2) is 0 Å². The first-order valence-electron chi connectivity index (χ1n) is 7.41. The van der Waals surface area contributed by atoms with Crippen molar-refractivity contribution in [3.63, 3.8) is 0 Å². The fourth-order valence-corrected chi connectivity index (χ4v) is 2.11. The summed E-state index contributed by atoms with van der Waals surface area (Å²) >= 11 is 0. The van der Waals surface area contributed by atoms with Crippen LogP contribution in [0, 0.1) is 5.41 Å². The highest BCUT2D eigenvalue weighted by Gasteiger charge is 2.30. The number of rotatable bonds is 8. The third-order valence-electron chi connectivity index (χ3n) is 3.63. The third kappa shape index (κ3) is 9.36. The summed E-state index contributed by atoms with van der Waals surface area (Å²) in [6, 6.07) is 0. The third-order valence-corrected chi connectivity index (χ3v) is 3.63. The molecule has 0 bridgehead atoms. The maximum Gasteiger partial charge on any atom is 0.100 e. The van der Waals surface area contributed by atoms with E-state index < -0.39 is 12.2 Å². The van der Waals surface area contributed by atoms with E-state index in [1.165, 1.54) is 19.3 Å². The molecule has 0 aliphatic heterocycles. The number of ether oxygens (including phenoxy) is 1. The van der Waals surface area contributed by atoms with Gasteiger partial charge in [0.1, 0.15) is 12.2 Å². The van der Waals surface area contributed by atoms with E-state index >= 15 is 0 Å². The molecule has 0 aromatic carbocycles. The predicted octanol–water partition coefficient (Wildman–Crippen LogP) is -1.37. The van der Waals surface area contributed by atoms with E-state index in [-0.39, 0.29) is 45.1 Å². The smallest absolute Gasteiger partial charge is 0.100 e. The van der Waals surface area contributed by atoms with Crippen molar-refractivity contribution >= 4 is 0 Å². The lowest BCUT2D eigenvalue weighted by Gasteiger charge is -2.33. The topological polar surface area (TPSA) is 131 Å². The molecule has 0 saturated heterocycles. The number of aliphatic hydroxyl groups excluding tert-OH is 6. The first kappa shape index (κ1) is 20.7. The summed E-state index contributed by atoms with van der Waals surface area (Å²) in [6.45, 7) is -0.488. The summed E-state index contributed by atoms with van der Waals surface area (Å²) in [5, 5.41) is 52.0. The lowest BCUT2D eigenvalue weighted by atomic mass is 9.75. The molecule has 1 fully saturated rings. The average Bonchev–Trinajstić information content (AvgIpc) is 2.55. The lowest BCUT2D eigenvalue weighted by molar-refractivity contribution is -0.0364. The minimum Gasteiger partial charge on any atom is -0.396 e. The number of hydrogen-bond acceptors (Lipinski definition) is 7. The van der Waals surface area contributed by atoms with Crippen LogP contribution in [0.25, 0.3) is 0 Å². The molecule has 0 amide bonds. The first-order chi connectivity index (χ1) is 10.0. The highest BCUT2D eigenvalue weighted by Crippen LogP contribution is 2.34. The van der Waals surface area contributed by atoms with Crippen molar-refractivity contribution in [2.45, 2.75) is 44.3 Å². The van der Waals surface area contributed by atoms with Crippen LogP contribution in [0.4, 0.5) is 0 Å². The second-order valence-corrected chi connectivity index (χ2v) is 5.59. The summed E-state index contributed by atoms with van der Waals surface area (Å²) in [4.78, 5) is 0. The van der Waals surface area contributed by atoms with Gasteiger partial charge in [-0.3, -0.25) is 0 Å². The summed E-state index contributed by atoms with van der Waals surface area (Å²) < 4.78 is 4.72. The quantitative estimate of drug-likeness (QED) is 0.326. The van der Waals surface area contributed by atoms with Gasteiger partial charge in [-0.25, -0.2) is 0 Å². The molecule has 1 rings (SSSR count). The molecule has 0 aromatic heterocycles. The first-order valence-corrected chi connectivity index (χ1v) is 7.41. The van der Waals surface area contributed by atoms with Crippen LogP contribution in [0.15, 0.2) is 0 Å². The van der Waals surface area contributed by atoms with Crippen LogP contribution in [0.1, 0.15) is 32.1 Å². The zero-order valence-corrected chi connectivity index (χ0v) is 12.5. The molecule has 21 heavy (non-hydrogen) atoms. The Morgan fingerprint density at radius 3 is 1.48 bits per heavy atom. The van der Waals surface area contributed by atoms with Crippen molar-refractivity contribution in [1.82, 2.24) is 0 Å². The molecule has 1 aliphatic carbocycles. The second kappa shape index (κ2) is 12.3. The monoisotopic (exact) mass is 310 g/mol. The van der Waals surface area contributed by atoms with Gasteiger partial charge in [-0.2, -0.15) is 0 Å². The highest BCUT2D eigenvalue weighted by atomic mass is 16.5. The Morgan fingerprint density at radius 2 is 1.19 bits per heavy atom. The van der Waals surface area contributed by atoms with E-state index in [4.69, 9.17) is 35.4 Å². The zero-order chi connectivity index (χ0) is 16.1. The van der Waals surface area contributed by atoms with Crippen LogP contribution < -0.4 is 0 Å². The normalized spacial score (nSPS) is 20.3. The Hall–Kier alpha value is -0.280. The SMILES string of the molecule is OCC(O)COCC(O)CO.OCC1(CO)CCCCC1. The molecule has 7 nitrogen and oxygen atoms in total. The second-order valence-electron chi connectivity index (χ2n) is 5.59. The van der Waals surface area contributed by atoms with Gasteiger partial charge in [0.25, 0.3) is 0 Å². The van der Waals surface area contributed by atoms with Crippen LogP contribution in [-0.4, -0.2) is 82.5 Å². The van der Waals surface area contributed by atoms with Gasteiger partial charge >= 0.3 is 0 Å². The van der Waals surface area contributed by atoms with E-state index in [0.29, 0.717) is 0 Å². The molecular weight excluding hydrogens is 280 g/mol. The van der Waals surface area contributed by atoms with Gasteiger partial charge < -0.3 is 35.4 Å². The Morgan fingerprint density at radius 1 is 0.762 bits per heavy atom. The van der Waals surface area contributed by atoms with Gasteiger partial charge in [-0.15, -0.1) is 0 Å². The van der Waals surface area contributed by atoms with E-state index in [9.17, 15) is 0 Å². The molecule has 1 aliphatic rings. The molecule has 0 spiro atoms. The van der Waals surface area contributed by atoms with Crippen LogP contribution in [0.2, 0.25) is 0 Å². The van der Waals surface area contributed by atoms with Crippen molar-refractivity contribution < 1.29 is 35.4 Å². The summed E-state index contributed by atoms with van der Waals surface area (Å²) in [5.41, 5.74) is -0.127. The van der Waals surface area contributed by atoms with E-state index in [2.05, 4.69) is 0 Å². The van der Waals surface area contributed by atoms with Crippen LogP contribution in [0.5, 0.6) is 0 Å². The van der Waals surface area contributed by atoms with Crippen molar-refractivity contribution in [3.8, 4) is 0 Å². The lowest BCUT2D eigenvalue weighted by Crippen LogP contribution is -2.31. The minimum absolute atomic E-state index is 0.0342. The largest absolute Gasteiger partial charge is 0.396 e. The summed E-state index contributed by atoms with van der Waals surface area (Å²) in [7, 11) is 0. The molecular formula is C14H30O7. The maximum absolute atomic E-state index is 8.98. The van der Waals surface area contributed by atoms with Gasteiger partial charge in [-0.05, 0) is 12.8 Å². The van der Waals surface area contributed by atoms with Gasteiger partial charge in [0, 0.05) is 5.41 Å². The molecule has 7 heteroatoms. The predicted molar refractivity (Wildman–Crippen MR) is 76.7 cm³/mol. The van der Waals surface area contributed by atoms with Crippen LogP contribution in [-0.2, 0) is 4.74 Å². The molecule has 0 radical (unpaired) electrons. The van der Waals surface area contributed by atoms with Crippen molar-refractivity contribution in [2.75, 3.05) is 39.6 Å². The molecule has 2 unspecified atom stereocenters. The molecule has 128 valence electrons. The van der Waals surface area contributed by atoms with Crippen molar-refractivity contribution in [1.29, 1.82) is 0 Å². The van der Waals surface area contributed by atoms with E-state index in [1.807, 2.05) is 0 Å². The Balaban J connectivity index is 0.000000382. The van der Waals surface area contributed by atoms with E-state index in [1.54, 1.807) is 0 Å². The minimum atomic E-state index is -0.916. The van der Waals surface area contributed by atoms with E-state index in [0.717, 1.165) is 12.8 Å². The Kier molecular flexibility index (Phi) is 12.1. The Labute approximate surface area is 125 Å². The molecule has 6 N–H and O–H groups in total. The van der Waals surface area contributed by atoms with Gasteiger partial charge in [-0.1, -0.05) is 19.3 Å². The molecule has 0 heterocycles. The standard InChI is InChI=1S/C8H16O2.C6H14O5/c9-6-8(7-10)4-2-1-3-5-8;7-1-5(9)3-11-4-6(10)2-8/h9-10H,1-7H2;5-10H,1-4H2. The van der Waals surface area contributed by atoms with Gasteiger partial charge in [0.2, 0.25) is 0 Å². The Bertz CT molecular complexity index is 215. The summed E-state index contributed by atoms with van der Waals surface area (Å²) in [5.74, 6) is 0. The molecule has 2 atom stereocenters. The van der Waals surface area contributed by atoms with Crippen molar-refractivity contribution in [2.24, 2.45) is 5.41 Å².